The number of hydrogen-bond acceptors (Lipinski definition) is 3. The Morgan fingerprint density at radius 3 is 2.19 bits per heavy atom. The molecule has 0 aromatic carbocycles. The largest absolute Gasteiger partial charge is 0.495 e. The van der Waals surface area contributed by atoms with E-state index in [9.17, 15) is 13.2 Å². The zero-order valence-corrected chi connectivity index (χ0v) is 16.0. The molecule has 2 aromatic heterocycles. The molecule has 0 fully saturated rings. The monoisotopic (exact) mass is 366 g/mol. The van der Waals surface area contributed by atoms with Crippen LogP contribution in [-0.4, -0.2) is 17.1 Å². The Hall–Kier alpha value is -2.11. The molecular formula is C20H25F3N2O. The summed E-state index contributed by atoms with van der Waals surface area (Å²) in [6, 6.07) is 4.24. The third kappa shape index (κ3) is 4.34. The molecule has 0 spiro atoms. The van der Waals surface area contributed by atoms with Gasteiger partial charge in [0.25, 0.3) is 0 Å². The van der Waals surface area contributed by atoms with Crippen molar-refractivity contribution >= 4 is 0 Å². The standard InChI is InChI=1S/C20H25F3N2O/c1-18(2,3)17-15(26-6)10-13(12-25-17)11-19(4,5)16-14(20(21,22)23)8-7-9-24-16/h7-10,12H,11H2,1-6H3. The molecular weight excluding hydrogens is 341 g/mol. The van der Waals surface area contributed by atoms with Crippen LogP contribution in [0.2, 0.25) is 0 Å². The first-order valence-corrected chi connectivity index (χ1v) is 8.42. The molecule has 0 atom stereocenters. The van der Waals surface area contributed by atoms with E-state index in [0.29, 0.717) is 12.2 Å². The molecule has 0 saturated heterocycles. The maximum atomic E-state index is 13.3. The Balaban J connectivity index is 2.42. The van der Waals surface area contributed by atoms with E-state index in [1.54, 1.807) is 27.2 Å². The minimum absolute atomic E-state index is 0.0337. The molecule has 2 rings (SSSR count). The minimum Gasteiger partial charge on any atom is -0.495 e. The zero-order valence-electron chi connectivity index (χ0n) is 16.0. The highest BCUT2D eigenvalue weighted by Crippen LogP contribution is 2.38. The lowest BCUT2D eigenvalue weighted by atomic mass is 9.80. The zero-order chi connectivity index (χ0) is 19.8. The average molecular weight is 366 g/mol. The van der Waals surface area contributed by atoms with Gasteiger partial charge in [-0.3, -0.25) is 9.97 Å². The second kappa shape index (κ2) is 6.89. The summed E-state index contributed by atoms with van der Waals surface area (Å²) in [5.74, 6) is 0.642. The number of aromatic nitrogens is 2. The number of pyridine rings is 2. The Morgan fingerprint density at radius 1 is 1.00 bits per heavy atom. The second-order valence-corrected chi connectivity index (χ2v) is 8.10. The van der Waals surface area contributed by atoms with Crippen molar-refractivity contribution in [2.24, 2.45) is 0 Å². The summed E-state index contributed by atoms with van der Waals surface area (Å²) in [5, 5.41) is 0. The molecule has 142 valence electrons. The molecule has 0 aliphatic rings. The Kier molecular flexibility index (Phi) is 5.36. The number of nitrogens with zero attached hydrogens (tertiary/aromatic N) is 2. The molecule has 0 aliphatic carbocycles. The van der Waals surface area contributed by atoms with Crippen LogP contribution in [0.3, 0.4) is 0 Å². The van der Waals surface area contributed by atoms with Gasteiger partial charge in [0.2, 0.25) is 0 Å². The van der Waals surface area contributed by atoms with Crippen LogP contribution < -0.4 is 4.74 Å². The number of rotatable bonds is 4. The van der Waals surface area contributed by atoms with Gasteiger partial charge in [-0.05, 0) is 30.2 Å². The molecule has 2 heterocycles. The van der Waals surface area contributed by atoms with E-state index in [1.807, 2.05) is 26.8 Å². The van der Waals surface area contributed by atoms with Crippen LogP contribution in [0.25, 0.3) is 0 Å². The van der Waals surface area contributed by atoms with Crippen LogP contribution in [0.15, 0.2) is 30.6 Å². The second-order valence-electron chi connectivity index (χ2n) is 8.10. The number of ether oxygens (including phenoxy) is 1. The van der Waals surface area contributed by atoms with E-state index < -0.39 is 17.2 Å². The number of halogens is 3. The van der Waals surface area contributed by atoms with Gasteiger partial charge < -0.3 is 4.74 Å². The first-order valence-electron chi connectivity index (χ1n) is 8.42. The molecule has 0 N–H and O–H groups in total. The van der Waals surface area contributed by atoms with E-state index in [1.165, 1.54) is 12.3 Å². The fourth-order valence-electron chi connectivity index (χ4n) is 3.07. The van der Waals surface area contributed by atoms with Crippen LogP contribution in [0, 0.1) is 0 Å². The van der Waals surface area contributed by atoms with Gasteiger partial charge in [0.15, 0.2) is 0 Å². The summed E-state index contributed by atoms with van der Waals surface area (Å²) in [7, 11) is 1.57. The van der Waals surface area contributed by atoms with Gasteiger partial charge in [-0.2, -0.15) is 13.2 Å². The Morgan fingerprint density at radius 2 is 1.65 bits per heavy atom. The lowest BCUT2D eigenvalue weighted by Gasteiger charge is -2.28. The Bertz CT molecular complexity index is 777. The van der Waals surface area contributed by atoms with Crippen LogP contribution in [0.4, 0.5) is 13.2 Å². The molecule has 0 aliphatic heterocycles. The lowest BCUT2D eigenvalue weighted by Crippen LogP contribution is -2.27. The van der Waals surface area contributed by atoms with Gasteiger partial charge in [0.1, 0.15) is 5.75 Å². The highest BCUT2D eigenvalue weighted by molar-refractivity contribution is 5.38. The summed E-state index contributed by atoms with van der Waals surface area (Å²) in [6.07, 6.45) is -0.970. The predicted octanol–water partition coefficient (Wildman–Crippen LogP) is 5.32. The number of hydrogen-bond donors (Lipinski definition) is 0. The van der Waals surface area contributed by atoms with Crippen molar-refractivity contribution in [2.45, 2.75) is 58.0 Å². The third-order valence-electron chi connectivity index (χ3n) is 4.24. The highest BCUT2D eigenvalue weighted by atomic mass is 19.4. The fraction of sp³-hybridized carbons (Fsp3) is 0.500. The van der Waals surface area contributed by atoms with Crippen LogP contribution >= 0.6 is 0 Å². The first kappa shape index (κ1) is 20.2. The minimum atomic E-state index is -4.44. The molecule has 0 bridgehead atoms. The van der Waals surface area contributed by atoms with Gasteiger partial charge in [0.05, 0.1) is 24.1 Å². The van der Waals surface area contributed by atoms with E-state index in [2.05, 4.69) is 9.97 Å². The predicted molar refractivity (Wildman–Crippen MR) is 95.5 cm³/mol. The van der Waals surface area contributed by atoms with Crippen molar-refractivity contribution in [3.8, 4) is 5.75 Å². The molecule has 26 heavy (non-hydrogen) atoms. The third-order valence-corrected chi connectivity index (χ3v) is 4.24. The first-order chi connectivity index (χ1) is 11.9. The normalized spacial score (nSPS) is 13.0. The SMILES string of the molecule is COc1cc(CC(C)(C)c2ncccc2C(F)(F)F)cnc1C(C)(C)C. The van der Waals surface area contributed by atoms with Crippen LogP contribution in [0.1, 0.15) is 57.1 Å². The van der Waals surface area contributed by atoms with Crippen molar-refractivity contribution in [1.82, 2.24) is 9.97 Å². The van der Waals surface area contributed by atoms with E-state index >= 15 is 0 Å². The molecule has 0 radical (unpaired) electrons. The van der Waals surface area contributed by atoms with Crippen molar-refractivity contribution < 1.29 is 17.9 Å². The molecule has 2 aromatic rings. The lowest BCUT2D eigenvalue weighted by molar-refractivity contribution is -0.139. The molecule has 0 amide bonds. The molecule has 3 nitrogen and oxygen atoms in total. The summed E-state index contributed by atoms with van der Waals surface area (Å²) >= 11 is 0. The quantitative estimate of drug-likeness (QED) is 0.734. The van der Waals surface area contributed by atoms with Crippen molar-refractivity contribution in [1.29, 1.82) is 0 Å². The van der Waals surface area contributed by atoms with E-state index in [4.69, 9.17) is 4.74 Å². The summed E-state index contributed by atoms with van der Waals surface area (Å²) < 4.78 is 45.5. The maximum Gasteiger partial charge on any atom is 0.418 e. The van der Waals surface area contributed by atoms with Gasteiger partial charge >= 0.3 is 6.18 Å². The topological polar surface area (TPSA) is 35.0 Å². The van der Waals surface area contributed by atoms with Crippen molar-refractivity contribution in [2.75, 3.05) is 7.11 Å². The number of methoxy groups -OCH3 is 1. The van der Waals surface area contributed by atoms with Gasteiger partial charge in [0, 0.05) is 23.2 Å². The molecule has 0 saturated carbocycles. The van der Waals surface area contributed by atoms with Crippen molar-refractivity contribution in [3.05, 3.63) is 53.1 Å². The average Bonchev–Trinajstić information content (AvgIpc) is 2.52. The number of alkyl halides is 3. The summed E-state index contributed by atoms with van der Waals surface area (Å²) in [6.45, 7) is 9.62. The Labute approximate surface area is 152 Å². The van der Waals surface area contributed by atoms with Crippen molar-refractivity contribution in [3.63, 3.8) is 0 Å². The van der Waals surface area contributed by atoms with Gasteiger partial charge in [-0.1, -0.05) is 34.6 Å². The highest BCUT2D eigenvalue weighted by Gasteiger charge is 2.38. The van der Waals surface area contributed by atoms with Gasteiger partial charge in [-0.25, -0.2) is 0 Å². The molecule has 6 heteroatoms. The fourth-order valence-corrected chi connectivity index (χ4v) is 3.07. The van der Waals surface area contributed by atoms with Gasteiger partial charge in [-0.15, -0.1) is 0 Å². The molecule has 0 unspecified atom stereocenters. The summed E-state index contributed by atoms with van der Waals surface area (Å²) in [5.41, 5.74) is -0.0529. The van der Waals surface area contributed by atoms with Crippen LogP contribution in [-0.2, 0) is 23.4 Å². The summed E-state index contributed by atoms with van der Waals surface area (Å²) in [4.78, 5) is 8.54. The van der Waals surface area contributed by atoms with E-state index in [-0.39, 0.29) is 11.1 Å². The smallest absolute Gasteiger partial charge is 0.418 e. The maximum absolute atomic E-state index is 13.3. The van der Waals surface area contributed by atoms with E-state index in [0.717, 1.165) is 17.3 Å². The van der Waals surface area contributed by atoms with Crippen LogP contribution in [0.5, 0.6) is 5.75 Å².